The largest absolute Gasteiger partial charge is 0.494 e. The molecular formula is C28H32N8O2. The number of nitrogens with zero attached hydrogens (tertiary/aromatic N) is 6. The van der Waals surface area contributed by atoms with Gasteiger partial charge in [0.2, 0.25) is 5.95 Å². The zero-order valence-corrected chi connectivity index (χ0v) is 22.1. The summed E-state index contributed by atoms with van der Waals surface area (Å²) in [6.45, 7) is 3.04. The molecule has 0 spiro atoms. The van der Waals surface area contributed by atoms with Crippen LogP contribution in [0.25, 0.3) is 22.2 Å². The second kappa shape index (κ2) is 10.6. The summed E-state index contributed by atoms with van der Waals surface area (Å²) < 4.78 is 13.3. The normalized spacial score (nSPS) is 13.4. The molecule has 0 radical (unpaired) electrons. The summed E-state index contributed by atoms with van der Waals surface area (Å²) in [7, 11) is 7.70. The number of para-hydroxylation sites is 1. The van der Waals surface area contributed by atoms with E-state index in [2.05, 4.69) is 43.0 Å². The number of nitrogen functional groups attached to an aromatic ring is 1. The van der Waals surface area contributed by atoms with Crippen molar-refractivity contribution in [2.75, 3.05) is 70.5 Å². The highest BCUT2D eigenvalue weighted by molar-refractivity contribution is 5.96. The van der Waals surface area contributed by atoms with Crippen molar-refractivity contribution in [2.45, 2.75) is 6.04 Å². The van der Waals surface area contributed by atoms with E-state index in [0.29, 0.717) is 47.5 Å². The standard InChI is InChI=1S/C28H32N8O2/c1-34(2)9-10-35(3)25-12-26(37-4)23(11-22(25)30)32-28-31-14-18(13-29)27(33-28)21-15-36(19-16-38-17-19)24-8-6-5-7-20(21)24/h5-8,11-12,14-15,19H,9-10,16-17,30H2,1-4H3,(H,31,32,33). The predicted molar refractivity (Wildman–Crippen MR) is 150 cm³/mol. The first kappa shape index (κ1) is 25.3. The summed E-state index contributed by atoms with van der Waals surface area (Å²) in [5, 5.41) is 14.1. The van der Waals surface area contributed by atoms with Crippen molar-refractivity contribution in [3.05, 3.63) is 54.4 Å². The van der Waals surface area contributed by atoms with Gasteiger partial charge in [-0.15, -0.1) is 0 Å². The number of benzene rings is 2. The molecule has 3 heterocycles. The van der Waals surface area contributed by atoms with E-state index in [1.807, 2.05) is 51.5 Å². The van der Waals surface area contributed by atoms with Crippen LogP contribution in [0.1, 0.15) is 11.6 Å². The fourth-order valence-corrected chi connectivity index (χ4v) is 4.58. The van der Waals surface area contributed by atoms with E-state index in [-0.39, 0.29) is 6.04 Å². The highest BCUT2D eigenvalue weighted by atomic mass is 16.5. The van der Waals surface area contributed by atoms with Crippen LogP contribution in [0.5, 0.6) is 5.75 Å². The van der Waals surface area contributed by atoms with Gasteiger partial charge in [-0.05, 0) is 26.2 Å². The van der Waals surface area contributed by atoms with E-state index in [9.17, 15) is 5.26 Å². The number of nitrogens with two attached hydrogens (primary N) is 1. The van der Waals surface area contributed by atoms with Crippen molar-refractivity contribution in [3.63, 3.8) is 0 Å². The van der Waals surface area contributed by atoms with E-state index >= 15 is 0 Å². The Morgan fingerprint density at radius 2 is 2.00 bits per heavy atom. The third-order valence-electron chi connectivity index (χ3n) is 6.81. The molecule has 1 aliphatic rings. The average molecular weight is 513 g/mol. The second-order valence-electron chi connectivity index (χ2n) is 9.69. The van der Waals surface area contributed by atoms with Crippen molar-refractivity contribution in [3.8, 4) is 23.1 Å². The Morgan fingerprint density at radius 1 is 1.21 bits per heavy atom. The number of aromatic nitrogens is 3. The molecular weight excluding hydrogens is 480 g/mol. The van der Waals surface area contributed by atoms with E-state index in [4.69, 9.17) is 20.2 Å². The van der Waals surface area contributed by atoms with Crippen molar-refractivity contribution >= 4 is 33.9 Å². The second-order valence-corrected chi connectivity index (χ2v) is 9.69. The Kier molecular flexibility index (Phi) is 7.05. The molecule has 0 saturated carbocycles. The molecule has 0 aliphatic carbocycles. The van der Waals surface area contributed by atoms with Gasteiger partial charge in [0.05, 0.1) is 60.9 Å². The fourth-order valence-electron chi connectivity index (χ4n) is 4.58. The van der Waals surface area contributed by atoms with Crippen LogP contribution in [0.4, 0.5) is 23.0 Å². The zero-order valence-electron chi connectivity index (χ0n) is 22.1. The van der Waals surface area contributed by atoms with Gasteiger partial charge in [-0.3, -0.25) is 0 Å². The lowest BCUT2D eigenvalue weighted by Crippen LogP contribution is -2.30. The molecule has 10 heteroatoms. The minimum atomic E-state index is 0.264. The van der Waals surface area contributed by atoms with Crippen molar-refractivity contribution in [1.29, 1.82) is 5.26 Å². The van der Waals surface area contributed by atoms with Crippen molar-refractivity contribution < 1.29 is 9.47 Å². The maximum atomic E-state index is 9.86. The van der Waals surface area contributed by atoms with Crippen molar-refractivity contribution in [2.24, 2.45) is 0 Å². The number of anilines is 4. The first-order valence-corrected chi connectivity index (χ1v) is 12.4. The topological polar surface area (TPSA) is 117 Å². The summed E-state index contributed by atoms with van der Waals surface area (Å²) in [4.78, 5) is 13.4. The Labute approximate surface area is 222 Å². The van der Waals surface area contributed by atoms with Crippen LogP contribution in [0, 0.1) is 11.3 Å². The number of ether oxygens (including phenoxy) is 2. The van der Waals surface area contributed by atoms with Gasteiger partial charge in [0.1, 0.15) is 11.8 Å². The quantitative estimate of drug-likeness (QED) is 0.322. The predicted octanol–water partition coefficient (Wildman–Crippen LogP) is 3.87. The molecule has 0 atom stereocenters. The number of hydrogen-bond acceptors (Lipinski definition) is 9. The first-order valence-electron chi connectivity index (χ1n) is 12.4. The van der Waals surface area contributed by atoms with E-state index < -0.39 is 0 Å². The molecule has 5 rings (SSSR count). The van der Waals surface area contributed by atoms with Crippen LogP contribution < -0.4 is 20.7 Å². The molecule has 3 N–H and O–H groups in total. The lowest BCUT2D eigenvalue weighted by atomic mass is 10.1. The number of rotatable bonds is 9. The van der Waals surface area contributed by atoms with Crippen LogP contribution in [0.15, 0.2) is 48.8 Å². The number of hydrogen-bond donors (Lipinski definition) is 2. The van der Waals surface area contributed by atoms with Gasteiger partial charge in [0.25, 0.3) is 0 Å². The van der Waals surface area contributed by atoms with Crippen LogP contribution in [0.3, 0.4) is 0 Å². The third-order valence-corrected chi connectivity index (χ3v) is 6.81. The molecule has 1 saturated heterocycles. The molecule has 196 valence electrons. The Morgan fingerprint density at radius 3 is 2.68 bits per heavy atom. The van der Waals surface area contributed by atoms with Gasteiger partial charge in [0.15, 0.2) is 0 Å². The van der Waals surface area contributed by atoms with Crippen molar-refractivity contribution in [1.82, 2.24) is 19.4 Å². The van der Waals surface area contributed by atoms with Gasteiger partial charge >= 0.3 is 0 Å². The summed E-state index contributed by atoms with van der Waals surface area (Å²) >= 11 is 0. The number of methoxy groups -OCH3 is 1. The van der Waals surface area contributed by atoms with Gasteiger partial charge in [-0.1, -0.05) is 18.2 Å². The lowest BCUT2D eigenvalue weighted by molar-refractivity contribution is -0.0213. The minimum Gasteiger partial charge on any atom is -0.494 e. The highest BCUT2D eigenvalue weighted by Crippen LogP contribution is 2.38. The van der Waals surface area contributed by atoms with Crippen LogP contribution >= 0.6 is 0 Å². The molecule has 1 fully saturated rings. The Hall–Kier alpha value is -4.33. The summed E-state index contributed by atoms with van der Waals surface area (Å²) in [6.07, 6.45) is 3.60. The molecule has 0 bridgehead atoms. The number of nitrogens with one attached hydrogen (secondary N) is 1. The van der Waals surface area contributed by atoms with Crippen LogP contribution in [-0.2, 0) is 4.74 Å². The SMILES string of the molecule is COc1cc(N(C)CCN(C)C)c(N)cc1Nc1ncc(C#N)c(-c2cn(C3COC3)c3ccccc23)n1. The smallest absolute Gasteiger partial charge is 0.227 e. The molecule has 4 aromatic rings. The number of nitriles is 1. The number of likely N-dealkylation sites (N-methyl/N-ethyl adjacent to an activating group) is 2. The maximum Gasteiger partial charge on any atom is 0.227 e. The van der Waals surface area contributed by atoms with E-state index in [1.54, 1.807) is 13.3 Å². The minimum absolute atomic E-state index is 0.264. The van der Waals surface area contributed by atoms with Gasteiger partial charge in [-0.2, -0.15) is 5.26 Å². The Balaban J connectivity index is 1.51. The Bertz CT molecular complexity index is 1500. The molecule has 2 aromatic heterocycles. The monoisotopic (exact) mass is 512 g/mol. The summed E-state index contributed by atoms with van der Waals surface area (Å²) in [5.41, 5.74) is 11.5. The molecule has 10 nitrogen and oxygen atoms in total. The van der Waals surface area contributed by atoms with E-state index in [0.717, 1.165) is 35.2 Å². The summed E-state index contributed by atoms with van der Waals surface area (Å²) in [5.74, 6) is 0.955. The average Bonchev–Trinajstić information content (AvgIpc) is 3.25. The molecule has 0 amide bonds. The molecule has 1 aliphatic heterocycles. The first-order chi connectivity index (χ1) is 18.4. The fraction of sp³-hybridized carbons (Fsp3) is 0.321. The van der Waals surface area contributed by atoms with Gasteiger partial charge < -0.3 is 34.9 Å². The molecule has 38 heavy (non-hydrogen) atoms. The van der Waals surface area contributed by atoms with Crippen LogP contribution in [-0.4, -0.2) is 74.0 Å². The van der Waals surface area contributed by atoms with Crippen LogP contribution in [0.2, 0.25) is 0 Å². The summed E-state index contributed by atoms with van der Waals surface area (Å²) in [6, 6.07) is 14.4. The third kappa shape index (κ3) is 4.81. The highest BCUT2D eigenvalue weighted by Gasteiger charge is 2.25. The lowest BCUT2D eigenvalue weighted by Gasteiger charge is -2.28. The zero-order chi connectivity index (χ0) is 26.8. The van der Waals surface area contributed by atoms with Gasteiger partial charge in [-0.25, -0.2) is 9.97 Å². The van der Waals surface area contributed by atoms with E-state index in [1.165, 1.54) is 0 Å². The van der Waals surface area contributed by atoms with Gasteiger partial charge in [0, 0.05) is 48.9 Å². The maximum absolute atomic E-state index is 9.86. The number of fused-ring (bicyclic) bond motifs is 1. The molecule has 2 aromatic carbocycles. The molecule has 0 unspecified atom stereocenters.